The van der Waals surface area contributed by atoms with Gasteiger partial charge in [0.2, 0.25) is 0 Å². The molecule has 1 unspecified atom stereocenters. The fourth-order valence-electron chi connectivity index (χ4n) is 2.42. The van der Waals surface area contributed by atoms with Gasteiger partial charge in [-0.15, -0.1) is 0 Å². The number of carboxylic acid groups (broad SMARTS) is 1. The van der Waals surface area contributed by atoms with Gasteiger partial charge in [0.05, 0.1) is 19.6 Å². The van der Waals surface area contributed by atoms with Crippen molar-refractivity contribution >= 4 is 5.97 Å². The SMILES string of the molecule is CCCOc1cccc(CC(C(=O)O)c2cccc(OC)c2)c1. The summed E-state index contributed by atoms with van der Waals surface area (Å²) in [6, 6.07) is 14.8. The molecule has 0 heterocycles. The van der Waals surface area contributed by atoms with Gasteiger partial charge in [-0.25, -0.2) is 0 Å². The minimum atomic E-state index is -0.849. The molecule has 0 aromatic heterocycles. The molecule has 4 nitrogen and oxygen atoms in total. The maximum Gasteiger partial charge on any atom is 0.311 e. The Balaban J connectivity index is 2.21. The molecule has 0 radical (unpaired) electrons. The molecule has 0 aliphatic carbocycles. The summed E-state index contributed by atoms with van der Waals surface area (Å²) >= 11 is 0. The van der Waals surface area contributed by atoms with Crippen LogP contribution >= 0.6 is 0 Å². The number of ether oxygens (including phenoxy) is 2. The highest BCUT2D eigenvalue weighted by atomic mass is 16.5. The molecule has 0 aliphatic rings. The molecule has 122 valence electrons. The Morgan fingerprint density at radius 1 is 1.13 bits per heavy atom. The average molecular weight is 314 g/mol. The molecule has 2 aromatic carbocycles. The van der Waals surface area contributed by atoms with Gasteiger partial charge < -0.3 is 14.6 Å². The largest absolute Gasteiger partial charge is 0.497 e. The van der Waals surface area contributed by atoms with Crippen molar-refractivity contribution in [1.82, 2.24) is 0 Å². The van der Waals surface area contributed by atoms with Crippen LogP contribution in [0.3, 0.4) is 0 Å². The van der Waals surface area contributed by atoms with Crippen LogP contribution in [0.1, 0.15) is 30.4 Å². The zero-order valence-corrected chi connectivity index (χ0v) is 13.5. The van der Waals surface area contributed by atoms with Crippen LogP contribution in [-0.4, -0.2) is 24.8 Å². The van der Waals surface area contributed by atoms with Gasteiger partial charge in [-0.3, -0.25) is 4.79 Å². The maximum absolute atomic E-state index is 11.7. The van der Waals surface area contributed by atoms with Crippen molar-refractivity contribution in [3.05, 3.63) is 59.7 Å². The van der Waals surface area contributed by atoms with Crippen LogP contribution in [0.2, 0.25) is 0 Å². The Morgan fingerprint density at radius 3 is 2.57 bits per heavy atom. The minimum Gasteiger partial charge on any atom is -0.497 e. The van der Waals surface area contributed by atoms with Crippen LogP contribution in [0.4, 0.5) is 0 Å². The summed E-state index contributed by atoms with van der Waals surface area (Å²) in [5.74, 6) is -0.0300. The summed E-state index contributed by atoms with van der Waals surface area (Å²) in [5.41, 5.74) is 1.67. The highest BCUT2D eigenvalue weighted by Gasteiger charge is 2.21. The van der Waals surface area contributed by atoms with Crippen molar-refractivity contribution in [3.8, 4) is 11.5 Å². The van der Waals surface area contributed by atoms with E-state index in [4.69, 9.17) is 9.47 Å². The Labute approximate surface area is 136 Å². The van der Waals surface area contributed by atoms with Crippen LogP contribution in [-0.2, 0) is 11.2 Å². The first-order valence-electron chi connectivity index (χ1n) is 7.72. The van der Waals surface area contributed by atoms with Crippen LogP contribution in [0.25, 0.3) is 0 Å². The lowest BCUT2D eigenvalue weighted by Gasteiger charge is -2.15. The van der Waals surface area contributed by atoms with E-state index in [2.05, 4.69) is 0 Å². The topological polar surface area (TPSA) is 55.8 Å². The van der Waals surface area contributed by atoms with E-state index in [0.29, 0.717) is 18.8 Å². The lowest BCUT2D eigenvalue weighted by atomic mass is 9.92. The Bertz CT molecular complexity index is 651. The first-order valence-corrected chi connectivity index (χ1v) is 7.72. The van der Waals surface area contributed by atoms with Gasteiger partial charge in [-0.2, -0.15) is 0 Å². The quantitative estimate of drug-likeness (QED) is 0.803. The normalized spacial score (nSPS) is 11.7. The molecule has 0 amide bonds. The number of methoxy groups -OCH3 is 1. The summed E-state index contributed by atoms with van der Waals surface area (Å²) in [4.78, 5) is 11.7. The highest BCUT2D eigenvalue weighted by molar-refractivity contribution is 5.76. The lowest BCUT2D eigenvalue weighted by molar-refractivity contribution is -0.138. The third-order valence-electron chi connectivity index (χ3n) is 3.61. The second kappa shape index (κ2) is 8.22. The summed E-state index contributed by atoms with van der Waals surface area (Å²) in [6.45, 7) is 2.70. The summed E-state index contributed by atoms with van der Waals surface area (Å²) in [5, 5.41) is 9.59. The van der Waals surface area contributed by atoms with E-state index in [-0.39, 0.29) is 0 Å². The molecule has 23 heavy (non-hydrogen) atoms. The number of rotatable bonds is 8. The van der Waals surface area contributed by atoms with Gasteiger partial charge >= 0.3 is 5.97 Å². The van der Waals surface area contributed by atoms with Gasteiger partial charge in [0.1, 0.15) is 11.5 Å². The van der Waals surface area contributed by atoms with Crippen molar-refractivity contribution in [2.45, 2.75) is 25.7 Å². The first kappa shape index (κ1) is 16.9. The monoisotopic (exact) mass is 314 g/mol. The van der Waals surface area contributed by atoms with Crippen LogP contribution in [0.15, 0.2) is 48.5 Å². The molecule has 2 aromatic rings. The van der Waals surface area contributed by atoms with E-state index in [0.717, 1.165) is 23.3 Å². The minimum absolute atomic E-state index is 0.409. The summed E-state index contributed by atoms with van der Waals surface area (Å²) < 4.78 is 10.8. The fourth-order valence-corrected chi connectivity index (χ4v) is 2.42. The van der Waals surface area contributed by atoms with Crippen molar-refractivity contribution in [3.63, 3.8) is 0 Å². The van der Waals surface area contributed by atoms with Crippen molar-refractivity contribution in [2.75, 3.05) is 13.7 Å². The smallest absolute Gasteiger partial charge is 0.311 e. The first-order chi connectivity index (χ1) is 11.1. The van der Waals surface area contributed by atoms with Crippen molar-refractivity contribution < 1.29 is 19.4 Å². The Morgan fingerprint density at radius 2 is 1.87 bits per heavy atom. The molecule has 2 rings (SSSR count). The third kappa shape index (κ3) is 4.74. The number of hydrogen-bond donors (Lipinski definition) is 1. The standard InChI is InChI=1S/C19H22O4/c1-3-10-23-17-9-4-6-14(11-17)12-18(19(20)21)15-7-5-8-16(13-15)22-2/h4-9,11,13,18H,3,10,12H2,1-2H3,(H,20,21). The highest BCUT2D eigenvalue weighted by Crippen LogP contribution is 2.26. The number of carboxylic acids is 1. The van der Waals surface area contributed by atoms with E-state index >= 15 is 0 Å². The molecule has 0 bridgehead atoms. The molecule has 0 fully saturated rings. The predicted molar refractivity (Wildman–Crippen MR) is 89.3 cm³/mol. The number of aliphatic carboxylic acids is 1. The van der Waals surface area contributed by atoms with E-state index in [1.165, 1.54) is 0 Å². The second-order valence-electron chi connectivity index (χ2n) is 5.37. The maximum atomic E-state index is 11.7. The van der Waals surface area contributed by atoms with Gasteiger partial charge in [0.15, 0.2) is 0 Å². The van der Waals surface area contributed by atoms with E-state index < -0.39 is 11.9 Å². The molecule has 0 aliphatic heterocycles. The molecular weight excluding hydrogens is 292 g/mol. The van der Waals surface area contributed by atoms with Crippen LogP contribution < -0.4 is 9.47 Å². The molecular formula is C19H22O4. The number of hydrogen-bond acceptors (Lipinski definition) is 3. The van der Waals surface area contributed by atoms with Gasteiger partial charge in [0, 0.05) is 0 Å². The number of benzene rings is 2. The van der Waals surface area contributed by atoms with Gasteiger partial charge in [-0.1, -0.05) is 31.2 Å². The van der Waals surface area contributed by atoms with E-state index in [9.17, 15) is 9.90 Å². The molecule has 0 spiro atoms. The lowest BCUT2D eigenvalue weighted by Crippen LogP contribution is -2.14. The molecule has 0 saturated heterocycles. The van der Waals surface area contributed by atoms with E-state index in [1.807, 2.05) is 49.4 Å². The Hall–Kier alpha value is -2.49. The fraction of sp³-hybridized carbons (Fsp3) is 0.316. The summed E-state index contributed by atoms with van der Waals surface area (Å²) in [6.07, 6.45) is 1.34. The van der Waals surface area contributed by atoms with Crippen LogP contribution in [0.5, 0.6) is 11.5 Å². The van der Waals surface area contributed by atoms with Gasteiger partial charge in [0.25, 0.3) is 0 Å². The number of carbonyl (C=O) groups is 1. The molecule has 1 atom stereocenters. The zero-order valence-electron chi connectivity index (χ0n) is 13.5. The predicted octanol–water partition coefficient (Wildman–Crippen LogP) is 3.89. The molecule has 4 heteroatoms. The zero-order chi connectivity index (χ0) is 16.7. The second-order valence-corrected chi connectivity index (χ2v) is 5.37. The summed E-state index contributed by atoms with van der Waals surface area (Å²) in [7, 11) is 1.57. The van der Waals surface area contributed by atoms with Crippen molar-refractivity contribution in [1.29, 1.82) is 0 Å². The molecule has 1 N–H and O–H groups in total. The van der Waals surface area contributed by atoms with Crippen LogP contribution in [0, 0.1) is 0 Å². The third-order valence-corrected chi connectivity index (χ3v) is 3.61. The Kier molecular flexibility index (Phi) is 6.03. The molecule has 0 saturated carbocycles. The average Bonchev–Trinajstić information content (AvgIpc) is 2.58. The van der Waals surface area contributed by atoms with Crippen molar-refractivity contribution in [2.24, 2.45) is 0 Å². The van der Waals surface area contributed by atoms with Gasteiger partial charge in [-0.05, 0) is 48.2 Å². The van der Waals surface area contributed by atoms with E-state index in [1.54, 1.807) is 13.2 Å².